The van der Waals surface area contributed by atoms with Gasteiger partial charge in [0.05, 0.1) is 1.37 Å². The quantitative estimate of drug-likeness (QED) is 0.497. The molecule has 0 atom stereocenters. The van der Waals surface area contributed by atoms with E-state index in [1.54, 1.807) is 0 Å². The van der Waals surface area contributed by atoms with Crippen LogP contribution in [0.15, 0.2) is 29.2 Å². The maximum Gasteiger partial charge on any atom is 0.247 e. The van der Waals surface area contributed by atoms with Gasteiger partial charge in [-0.1, -0.05) is 6.04 Å². The highest BCUT2D eigenvalue weighted by Crippen LogP contribution is 1.67. The van der Waals surface area contributed by atoms with Crippen LogP contribution in [-0.4, -0.2) is 4.98 Å². The first-order chi connectivity index (χ1) is 3.79. The Morgan fingerprint density at radius 1 is 1.86 bits per heavy atom. The fourth-order valence-electron chi connectivity index (χ4n) is 0.337. The highest BCUT2D eigenvalue weighted by atomic mass is 16.1. The van der Waals surface area contributed by atoms with Crippen LogP contribution in [0.1, 0.15) is 1.37 Å². The maximum absolute atomic E-state index is 10.3. The van der Waals surface area contributed by atoms with Gasteiger partial charge in [0.15, 0.2) is 0 Å². The minimum absolute atomic E-state index is 0.225. The summed E-state index contributed by atoms with van der Waals surface area (Å²) >= 11 is 0. The topological polar surface area (TPSA) is 32.9 Å². The fourth-order valence-corrected chi connectivity index (χ4v) is 0.337. The molecule has 1 aromatic heterocycles. The van der Waals surface area contributed by atoms with Gasteiger partial charge in [0.2, 0.25) is 5.56 Å². The molecule has 0 spiro atoms. The number of aromatic amines is 1. The van der Waals surface area contributed by atoms with Crippen LogP contribution in [0, 0.1) is 0 Å². The van der Waals surface area contributed by atoms with Crippen LogP contribution in [-0.2, 0) is 0 Å². The third kappa shape index (κ3) is 0.892. The summed E-state index contributed by atoms with van der Waals surface area (Å²) in [6.07, 6.45) is 1.45. The van der Waals surface area contributed by atoms with Crippen molar-refractivity contribution in [3.63, 3.8) is 0 Å². The first-order valence-corrected chi connectivity index (χ1v) is 1.94. The zero-order valence-corrected chi connectivity index (χ0v) is 3.64. The Morgan fingerprint density at radius 3 is 3.14 bits per heavy atom. The molecule has 1 heterocycles. The van der Waals surface area contributed by atoms with Gasteiger partial charge in [-0.3, -0.25) is 4.79 Å². The van der Waals surface area contributed by atoms with E-state index in [1.165, 1.54) is 18.3 Å². The number of hydrogen-bond donors (Lipinski definition) is 1. The number of rotatable bonds is 0. The third-order valence-corrected chi connectivity index (χ3v) is 0.620. The SMILES string of the molecule is [2H]c1cc[nH]c(=O)c1. The molecule has 0 aliphatic heterocycles. The van der Waals surface area contributed by atoms with Crippen molar-refractivity contribution >= 4 is 0 Å². The van der Waals surface area contributed by atoms with Gasteiger partial charge in [-0.25, -0.2) is 0 Å². The van der Waals surface area contributed by atoms with Crippen LogP contribution in [0.4, 0.5) is 0 Å². The molecule has 1 rings (SSSR count). The Bertz CT molecular complexity index is 230. The highest BCUT2D eigenvalue weighted by Gasteiger charge is 1.69. The van der Waals surface area contributed by atoms with Crippen molar-refractivity contribution < 1.29 is 1.37 Å². The summed E-state index contributed by atoms with van der Waals surface area (Å²) in [6, 6.07) is 2.98. The number of aromatic nitrogens is 1. The van der Waals surface area contributed by atoms with Crippen LogP contribution in [0.2, 0.25) is 0 Å². The Morgan fingerprint density at radius 2 is 2.71 bits per heavy atom. The standard InChI is InChI=1S/C5H5NO/c7-5-3-1-2-4-6-5/h1-4H,(H,6,7)/i1D. The van der Waals surface area contributed by atoms with Gasteiger partial charge in [-0.05, 0) is 6.07 Å². The molecule has 0 aromatic carbocycles. The van der Waals surface area contributed by atoms with E-state index >= 15 is 0 Å². The van der Waals surface area contributed by atoms with Crippen molar-refractivity contribution in [3.8, 4) is 0 Å². The lowest BCUT2D eigenvalue weighted by molar-refractivity contribution is 1.24. The van der Waals surface area contributed by atoms with Crippen LogP contribution in [0.5, 0.6) is 0 Å². The number of H-pyrrole nitrogens is 1. The van der Waals surface area contributed by atoms with Gasteiger partial charge < -0.3 is 4.98 Å². The lowest BCUT2D eigenvalue weighted by atomic mass is 10.5. The normalized spacial score (nSPS) is 10.6. The van der Waals surface area contributed by atoms with E-state index in [0.717, 1.165) is 0 Å². The predicted molar refractivity (Wildman–Crippen MR) is 27.1 cm³/mol. The summed E-state index contributed by atoms with van der Waals surface area (Å²) in [4.78, 5) is 12.7. The average molecular weight is 96.1 g/mol. The Balaban J connectivity index is 3.28. The highest BCUT2D eigenvalue weighted by molar-refractivity contribution is 4.89. The smallest absolute Gasteiger partial charge is 0.247 e. The minimum Gasteiger partial charge on any atom is -0.329 e. The molecule has 0 unspecified atom stereocenters. The van der Waals surface area contributed by atoms with Gasteiger partial charge in [0, 0.05) is 12.3 Å². The summed E-state index contributed by atoms with van der Waals surface area (Å²) in [5, 5.41) is 0. The van der Waals surface area contributed by atoms with Gasteiger partial charge in [-0.2, -0.15) is 0 Å². The van der Waals surface area contributed by atoms with Crippen molar-refractivity contribution in [2.24, 2.45) is 0 Å². The lowest BCUT2D eigenvalue weighted by Crippen LogP contribution is -1.98. The molecule has 1 aromatic rings. The molecule has 0 saturated carbocycles. The molecule has 7 heavy (non-hydrogen) atoms. The Labute approximate surface area is 42.2 Å². The molecule has 2 heteroatoms. The number of pyridine rings is 1. The molecule has 36 valence electrons. The van der Waals surface area contributed by atoms with Crippen molar-refractivity contribution in [3.05, 3.63) is 34.7 Å². The molecule has 1 N–H and O–H groups in total. The van der Waals surface area contributed by atoms with Crippen molar-refractivity contribution in [1.82, 2.24) is 4.98 Å². The molecular weight excluding hydrogens is 90.1 g/mol. The van der Waals surface area contributed by atoms with Crippen LogP contribution in [0.25, 0.3) is 0 Å². The van der Waals surface area contributed by atoms with Gasteiger partial charge >= 0.3 is 0 Å². The van der Waals surface area contributed by atoms with Crippen molar-refractivity contribution in [2.45, 2.75) is 0 Å². The van der Waals surface area contributed by atoms with E-state index in [4.69, 9.17) is 1.37 Å². The fraction of sp³-hybridized carbons (Fsp3) is 0. The van der Waals surface area contributed by atoms with Gasteiger partial charge in [0.25, 0.3) is 0 Å². The summed E-state index contributed by atoms with van der Waals surface area (Å²) in [6.45, 7) is 0. The number of nitrogens with one attached hydrogen (secondary N) is 1. The second-order valence-corrected chi connectivity index (χ2v) is 1.15. The Kier molecular flexibility index (Phi) is 0.689. The maximum atomic E-state index is 10.3. The van der Waals surface area contributed by atoms with Crippen LogP contribution in [0.3, 0.4) is 0 Å². The van der Waals surface area contributed by atoms with E-state index < -0.39 is 0 Å². The van der Waals surface area contributed by atoms with E-state index in [9.17, 15) is 4.79 Å². The predicted octanol–water partition coefficient (Wildman–Crippen LogP) is 0.375. The average Bonchev–Trinajstić information content (AvgIpc) is 1.64. The van der Waals surface area contributed by atoms with E-state index in [-0.39, 0.29) is 11.6 Å². The second-order valence-electron chi connectivity index (χ2n) is 1.15. The lowest BCUT2D eigenvalue weighted by Gasteiger charge is -1.73. The molecule has 0 amide bonds. The first-order valence-electron chi connectivity index (χ1n) is 2.44. The van der Waals surface area contributed by atoms with Crippen LogP contribution < -0.4 is 5.56 Å². The zero-order chi connectivity index (χ0) is 5.98. The molecule has 2 nitrogen and oxygen atoms in total. The largest absolute Gasteiger partial charge is 0.329 e. The molecule has 0 aliphatic carbocycles. The third-order valence-electron chi connectivity index (χ3n) is 0.620. The monoisotopic (exact) mass is 96.0 g/mol. The van der Waals surface area contributed by atoms with E-state index in [0.29, 0.717) is 0 Å². The van der Waals surface area contributed by atoms with Crippen LogP contribution >= 0.6 is 0 Å². The molecular formula is C5H5NO. The van der Waals surface area contributed by atoms with Crippen molar-refractivity contribution in [1.29, 1.82) is 0 Å². The zero-order valence-electron chi connectivity index (χ0n) is 4.64. The summed E-state index contributed by atoms with van der Waals surface area (Å²) in [5.74, 6) is 0. The number of hydrogen-bond acceptors (Lipinski definition) is 1. The molecule has 0 aliphatic rings. The molecule has 0 radical (unpaired) electrons. The van der Waals surface area contributed by atoms with Gasteiger partial charge in [0.1, 0.15) is 0 Å². The summed E-state index contributed by atoms with van der Waals surface area (Å²) in [7, 11) is 0. The van der Waals surface area contributed by atoms with E-state index in [2.05, 4.69) is 4.98 Å². The van der Waals surface area contributed by atoms with Gasteiger partial charge in [-0.15, -0.1) is 0 Å². The molecule has 0 saturated heterocycles. The van der Waals surface area contributed by atoms with E-state index in [1.807, 2.05) is 0 Å². The Hall–Kier alpha value is -1.05. The summed E-state index contributed by atoms with van der Waals surface area (Å²) in [5.41, 5.74) is -0.225. The summed E-state index contributed by atoms with van der Waals surface area (Å²) < 4.78 is 6.92. The second kappa shape index (κ2) is 1.60. The first kappa shape index (κ1) is 3.02. The molecule has 0 fully saturated rings. The minimum atomic E-state index is -0.225. The molecule has 0 bridgehead atoms. The van der Waals surface area contributed by atoms with Crippen molar-refractivity contribution in [2.75, 3.05) is 0 Å².